The highest BCUT2D eigenvalue weighted by Gasteiger charge is 2.29. The van der Waals surface area contributed by atoms with Crippen molar-refractivity contribution in [3.63, 3.8) is 0 Å². The van der Waals surface area contributed by atoms with Crippen molar-refractivity contribution in [3.05, 3.63) is 22.4 Å². The Balaban J connectivity index is 2.00. The van der Waals surface area contributed by atoms with E-state index in [1.54, 1.807) is 0 Å². The summed E-state index contributed by atoms with van der Waals surface area (Å²) in [6.45, 7) is 1.45. The third-order valence-electron chi connectivity index (χ3n) is 3.64. The lowest BCUT2D eigenvalue weighted by Gasteiger charge is -2.36. The van der Waals surface area contributed by atoms with Gasteiger partial charge < -0.3 is 9.64 Å². The molecule has 1 saturated carbocycles. The summed E-state index contributed by atoms with van der Waals surface area (Å²) in [4.78, 5) is 2.32. The van der Waals surface area contributed by atoms with Crippen LogP contribution in [0.2, 0.25) is 0 Å². The molecule has 3 rings (SSSR count). The smallest absolute Gasteiger partial charge is 0.178 e. The number of hydrogen-bond donors (Lipinski definition) is 0. The number of fused-ring (bicyclic) bond motifs is 1. The van der Waals surface area contributed by atoms with E-state index in [9.17, 15) is 4.39 Å². The zero-order chi connectivity index (χ0) is 11.8. The second-order valence-electron chi connectivity index (χ2n) is 4.72. The third-order valence-corrected chi connectivity index (χ3v) is 4.10. The molecule has 0 N–H and O–H groups in total. The van der Waals surface area contributed by atoms with Gasteiger partial charge in [-0.25, -0.2) is 4.39 Å². The van der Waals surface area contributed by atoms with Crippen molar-refractivity contribution in [1.29, 1.82) is 0 Å². The molecule has 17 heavy (non-hydrogen) atoms. The lowest BCUT2D eigenvalue weighted by molar-refractivity contribution is 0.285. The molecular weight excluding hydrogens is 285 g/mol. The van der Waals surface area contributed by atoms with E-state index in [0.717, 1.165) is 16.7 Å². The molecule has 1 aromatic carbocycles. The van der Waals surface area contributed by atoms with Crippen molar-refractivity contribution >= 4 is 21.6 Å². The summed E-state index contributed by atoms with van der Waals surface area (Å²) in [7, 11) is 0. The van der Waals surface area contributed by atoms with Crippen LogP contribution in [0.25, 0.3) is 0 Å². The van der Waals surface area contributed by atoms with Crippen molar-refractivity contribution in [2.75, 3.05) is 18.1 Å². The molecule has 1 aliphatic heterocycles. The van der Waals surface area contributed by atoms with Crippen LogP contribution in [0.15, 0.2) is 16.6 Å². The average Bonchev–Trinajstić information content (AvgIpc) is 2.81. The van der Waals surface area contributed by atoms with Crippen LogP contribution >= 0.6 is 15.9 Å². The number of hydrogen-bond acceptors (Lipinski definition) is 2. The van der Waals surface area contributed by atoms with Gasteiger partial charge in [-0.2, -0.15) is 0 Å². The monoisotopic (exact) mass is 299 g/mol. The Kier molecular flexibility index (Phi) is 2.99. The van der Waals surface area contributed by atoms with Crippen molar-refractivity contribution in [3.8, 4) is 5.75 Å². The molecule has 0 amide bonds. The average molecular weight is 300 g/mol. The maximum absolute atomic E-state index is 13.8. The van der Waals surface area contributed by atoms with Gasteiger partial charge >= 0.3 is 0 Å². The summed E-state index contributed by atoms with van der Waals surface area (Å²) >= 11 is 3.36. The molecule has 0 atom stereocenters. The standard InChI is InChI=1S/C13H15BrFNO/c14-9-7-11(15)13-12(8-9)16(5-6-17-13)10-3-1-2-4-10/h7-8,10H,1-6H2. The van der Waals surface area contributed by atoms with Crippen LogP contribution in [0.1, 0.15) is 25.7 Å². The first-order valence-corrected chi connectivity index (χ1v) is 6.93. The first-order chi connectivity index (χ1) is 8.25. The first kappa shape index (κ1) is 11.3. The number of anilines is 1. The normalized spacial score (nSPS) is 20.2. The van der Waals surface area contributed by atoms with E-state index >= 15 is 0 Å². The van der Waals surface area contributed by atoms with Crippen LogP contribution in [0.5, 0.6) is 5.75 Å². The summed E-state index contributed by atoms with van der Waals surface area (Å²) in [5.74, 6) is 0.156. The predicted octanol–water partition coefficient (Wildman–Crippen LogP) is 3.73. The van der Waals surface area contributed by atoms with Crippen LogP contribution in [-0.2, 0) is 0 Å². The van der Waals surface area contributed by atoms with Gasteiger partial charge in [-0.1, -0.05) is 28.8 Å². The molecule has 0 radical (unpaired) electrons. The molecule has 1 aromatic rings. The predicted molar refractivity (Wildman–Crippen MR) is 69.2 cm³/mol. The van der Waals surface area contributed by atoms with Gasteiger partial charge in [0.2, 0.25) is 0 Å². The van der Waals surface area contributed by atoms with Gasteiger partial charge in [0.05, 0.1) is 12.2 Å². The summed E-state index contributed by atoms with van der Waals surface area (Å²) in [5.41, 5.74) is 0.912. The fourth-order valence-corrected chi connectivity index (χ4v) is 3.28. The molecule has 1 fully saturated rings. The highest BCUT2D eigenvalue weighted by Crippen LogP contribution is 2.40. The molecule has 0 aromatic heterocycles. The SMILES string of the molecule is Fc1cc(Br)cc2c1OCCN2C1CCCC1. The zero-order valence-corrected chi connectivity index (χ0v) is 11.2. The summed E-state index contributed by atoms with van der Waals surface area (Å²) in [6, 6.07) is 4.00. The van der Waals surface area contributed by atoms with Crippen molar-refractivity contribution in [2.24, 2.45) is 0 Å². The molecule has 1 aliphatic carbocycles. The Hall–Kier alpha value is -0.770. The summed E-state index contributed by atoms with van der Waals surface area (Å²) < 4.78 is 20.1. The Morgan fingerprint density at radius 1 is 1.29 bits per heavy atom. The minimum absolute atomic E-state index is 0.267. The molecule has 1 heterocycles. The maximum atomic E-state index is 13.8. The third kappa shape index (κ3) is 2.03. The molecule has 92 valence electrons. The summed E-state index contributed by atoms with van der Waals surface area (Å²) in [5, 5.41) is 0. The topological polar surface area (TPSA) is 12.5 Å². The molecule has 0 bridgehead atoms. The van der Waals surface area contributed by atoms with Gasteiger partial charge in [0.1, 0.15) is 6.61 Å². The van der Waals surface area contributed by atoms with E-state index < -0.39 is 0 Å². The summed E-state index contributed by atoms with van der Waals surface area (Å²) in [6.07, 6.45) is 5.00. The fraction of sp³-hybridized carbons (Fsp3) is 0.538. The molecule has 2 aliphatic rings. The molecule has 0 saturated heterocycles. The van der Waals surface area contributed by atoms with Gasteiger partial charge in [-0.05, 0) is 25.0 Å². The quantitative estimate of drug-likeness (QED) is 0.783. The van der Waals surface area contributed by atoms with E-state index in [1.165, 1.54) is 31.7 Å². The maximum Gasteiger partial charge on any atom is 0.178 e. The van der Waals surface area contributed by atoms with Crippen molar-refractivity contribution in [2.45, 2.75) is 31.7 Å². The number of rotatable bonds is 1. The molecule has 0 unspecified atom stereocenters. The van der Waals surface area contributed by atoms with Crippen LogP contribution in [0, 0.1) is 5.82 Å². The van der Waals surface area contributed by atoms with E-state index in [4.69, 9.17) is 4.74 Å². The van der Waals surface area contributed by atoms with Gasteiger partial charge in [-0.3, -0.25) is 0 Å². The molecule has 0 spiro atoms. The number of halogens is 2. The van der Waals surface area contributed by atoms with Gasteiger partial charge in [-0.15, -0.1) is 0 Å². The number of benzene rings is 1. The zero-order valence-electron chi connectivity index (χ0n) is 9.59. The Labute approximate surface area is 109 Å². The Bertz CT molecular complexity index is 432. The minimum Gasteiger partial charge on any atom is -0.486 e. The Morgan fingerprint density at radius 2 is 2.06 bits per heavy atom. The molecule has 2 nitrogen and oxygen atoms in total. The van der Waals surface area contributed by atoms with E-state index in [0.29, 0.717) is 18.4 Å². The van der Waals surface area contributed by atoms with Crippen LogP contribution in [-0.4, -0.2) is 19.2 Å². The highest BCUT2D eigenvalue weighted by atomic mass is 79.9. The van der Waals surface area contributed by atoms with Gasteiger partial charge in [0.25, 0.3) is 0 Å². The van der Waals surface area contributed by atoms with Crippen molar-refractivity contribution < 1.29 is 9.13 Å². The van der Waals surface area contributed by atoms with Gasteiger partial charge in [0.15, 0.2) is 11.6 Å². The lowest BCUT2D eigenvalue weighted by atomic mass is 10.1. The van der Waals surface area contributed by atoms with Crippen LogP contribution in [0.3, 0.4) is 0 Å². The number of nitrogens with zero attached hydrogens (tertiary/aromatic N) is 1. The fourth-order valence-electron chi connectivity index (χ4n) is 2.86. The minimum atomic E-state index is -0.267. The van der Waals surface area contributed by atoms with E-state index in [-0.39, 0.29) is 5.82 Å². The van der Waals surface area contributed by atoms with E-state index in [2.05, 4.69) is 20.8 Å². The molecule has 4 heteroatoms. The lowest BCUT2D eigenvalue weighted by Crippen LogP contribution is -2.39. The van der Waals surface area contributed by atoms with Crippen LogP contribution < -0.4 is 9.64 Å². The second kappa shape index (κ2) is 4.48. The van der Waals surface area contributed by atoms with Gasteiger partial charge in [0, 0.05) is 10.5 Å². The Morgan fingerprint density at radius 3 is 2.82 bits per heavy atom. The van der Waals surface area contributed by atoms with E-state index in [1.807, 2.05) is 6.07 Å². The largest absolute Gasteiger partial charge is 0.486 e. The molecular formula is C13H15BrFNO. The van der Waals surface area contributed by atoms with Crippen LogP contribution in [0.4, 0.5) is 10.1 Å². The van der Waals surface area contributed by atoms with Crippen molar-refractivity contribution in [1.82, 2.24) is 0 Å². The first-order valence-electron chi connectivity index (χ1n) is 6.14. The second-order valence-corrected chi connectivity index (χ2v) is 5.63. The highest BCUT2D eigenvalue weighted by molar-refractivity contribution is 9.10. The number of ether oxygens (including phenoxy) is 1.